The molecule has 3 aromatic rings. The van der Waals surface area contributed by atoms with Crippen molar-refractivity contribution in [3.05, 3.63) is 82.4 Å². The van der Waals surface area contributed by atoms with Gasteiger partial charge in [0.05, 0.1) is 11.6 Å². The van der Waals surface area contributed by atoms with Crippen LogP contribution in [0.4, 0.5) is 0 Å². The number of benzene rings is 3. The summed E-state index contributed by atoms with van der Waals surface area (Å²) in [5, 5.41) is 11.3. The molecule has 140 valence electrons. The first-order chi connectivity index (χ1) is 13.5. The summed E-state index contributed by atoms with van der Waals surface area (Å²) in [4.78, 5) is 2.49. The molecule has 2 nitrogen and oxygen atoms in total. The van der Waals surface area contributed by atoms with E-state index in [-0.39, 0.29) is 0 Å². The third-order valence-corrected chi connectivity index (χ3v) is 5.79. The van der Waals surface area contributed by atoms with E-state index in [0.717, 1.165) is 23.7 Å². The molecule has 0 saturated heterocycles. The standard InChI is InChI=1S/C26H26N2/c1-18(2)26-25-16-20(6-9-22(25)12-13-28(26)3)5-4-19-7-10-24-15-21(17-27)8-11-23(24)14-19/h4-11,14-16,18,26H,12-13H2,1-3H3. The SMILES string of the molecule is CC(C)C1c2cc(C=Cc3ccc4cc(C#N)ccc4c3)ccc2CCN1C. The van der Waals surface area contributed by atoms with E-state index in [1.54, 1.807) is 0 Å². The minimum atomic E-state index is 0.493. The summed E-state index contributed by atoms with van der Waals surface area (Å²) in [6.45, 7) is 5.76. The predicted octanol–water partition coefficient (Wildman–Crippen LogP) is 6.07. The Balaban J connectivity index is 1.63. The van der Waals surface area contributed by atoms with E-state index in [9.17, 15) is 0 Å². The summed E-state index contributed by atoms with van der Waals surface area (Å²) in [5.74, 6) is 0.599. The van der Waals surface area contributed by atoms with Gasteiger partial charge in [-0.3, -0.25) is 4.90 Å². The average Bonchev–Trinajstić information content (AvgIpc) is 2.71. The van der Waals surface area contributed by atoms with E-state index < -0.39 is 0 Å². The van der Waals surface area contributed by atoms with Crippen molar-refractivity contribution >= 4 is 22.9 Å². The van der Waals surface area contributed by atoms with Crippen molar-refractivity contribution < 1.29 is 0 Å². The highest BCUT2D eigenvalue weighted by Gasteiger charge is 2.27. The van der Waals surface area contributed by atoms with Crippen molar-refractivity contribution in [1.29, 1.82) is 5.26 Å². The largest absolute Gasteiger partial charge is 0.299 e. The molecule has 0 bridgehead atoms. The average molecular weight is 367 g/mol. The van der Waals surface area contributed by atoms with Gasteiger partial charge in [-0.05, 0) is 76.7 Å². The van der Waals surface area contributed by atoms with E-state index in [2.05, 4.69) is 80.4 Å². The van der Waals surface area contributed by atoms with Gasteiger partial charge in [-0.2, -0.15) is 5.26 Å². The molecule has 4 rings (SSSR count). The lowest BCUT2D eigenvalue weighted by Crippen LogP contribution is -2.35. The second-order valence-corrected chi connectivity index (χ2v) is 8.14. The van der Waals surface area contributed by atoms with Gasteiger partial charge in [-0.1, -0.05) is 56.3 Å². The molecule has 0 radical (unpaired) electrons. The second kappa shape index (κ2) is 7.62. The Kier molecular flexibility index (Phi) is 5.03. The molecule has 0 aromatic heterocycles. The Morgan fingerprint density at radius 2 is 1.64 bits per heavy atom. The Morgan fingerprint density at radius 1 is 0.964 bits per heavy atom. The van der Waals surface area contributed by atoms with Crippen LogP contribution < -0.4 is 0 Å². The van der Waals surface area contributed by atoms with Gasteiger partial charge >= 0.3 is 0 Å². The molecule has 1 heterocycles. The minimum Gasteiger partial charge on any atom is -0.299 e. The molecule has 2 heteroatoms. The molecule has 3 aromatic carbocycles. The molecule has 1 atom stereocenters. The van der Waals surface area contributed by atoms with Gasteiger partial charge < -0.3 is 0 Å². The van der Waals surface area contributed by atoms with Crippen LogP contribution in [0.25, 0.3) is 22.9 Å². The van der Waals surface area contributed by atoms with Gasteiger partial charge in [0.1, 0.15) is 0 Å². The molecule has 28 heavy (non-hydrogen) atoms. The van der Waals surface area contributed by atoms with Crippen LogP contribution in [0.5, 0.6) is 0 Å². The van der Waals surface area contributed by atoms with Crippen LogP contribution in [0, 0.1) is 17.2 Å². The van der Waals surface area contributed by atoms with E-state index >= 15 is 0 Å². The van der Waals surface area contributed by atoms with Crippen molar-refractivity contribution in [2.75, 3.05) is 13.6 Å². The number of nitrogens with zero attached hydrogens (tertiary/aromatic N) is 2. The molecule has 0 saturated carbocycles. The number of likely N-dealkylation sites (N-methyl/N-ethyl adjacent to an activating group) is 1. The third kappa shape index (κ3) is 3.59. The molecule has 0 aliphatic carbocycles. The first-order valence-electron chi connectivity index (χ1n) is 10.0. The molecule has 0 N–H and O–H groups in total. The first kappa shape index (κ1) is 18.5. The Bertz CT molecular complexity index is 1090. The van der Waals surface area contributed by atoms with Crippen LogP contribution in [0.1, 0.15) is 47.7 Å². The lowest BCUT2D eigenvalue weighted by Gasteiger charge is -2.37. The first-order valence-corrected chi connectivity index (χ1v) is 10.0. The molecule has 0 fully saturated rings. The normalized spacial score (nSPS) is 17.2. The monoisotopic (exact) mass is 366 g/mol. The topological polar surface area (TPSA) is 27.0 Å². The lowest BCUT2D eigenvalue weighted by molar-refractivity contribution is 0.181. The van der Waals surface area contributed by atoms with Crippen molar-refractivity contribution in [2.45, 2.75) is 26.3 Å². The van der Waals surface area contributed by atoms with Crippen LogP contribution in [-0.2, 0) is 6.42 Å². The summed E-state index contributed by atoms with van der Waals surface area (Å²) in [6, 6.07) is 21.8. The van der Waals surface area contributed by atoms with E-state index in [4.69, 9.17) is 5.26 Å². The fraction of sp³-hybridized carbons (Fsp3) is 0.269. The number of hydrogen-bond acceptors (Lipinski definition) is 2. The lowest BCUT2D eigenvalue weighted by atomic mass is 9.85. The summed E-state index contributed by atoms with van der Waals surface area (Å²) < 4.78 is 0. The van der Waals surface area contributed by atoms with E-state index in [1.165, 1.54) is 22.3 Å². The fourth-order valence-corrected chi connectivity index (χ4v) is 4.39. The molecule has 1 aliphatic heterocycles. The highest BCUT2D eigenvalue weighted by molar-refractivity contribution is 5.87. The number of nitriles is 1. The summed E-state index contributed by atoms with van der Waals surface area (Å²) in [7, 11) is 2.24. The summed E-state index contributed by atoms with van der Waals surface area (Å²) >= 11 is 0. The molecular formula is C26H26N2. The van der Waals surface area contributed by atoms with Crippen molar-refractivity contribution in [2.24, 2.45) is 5.92 Å². The maximum atomic E-state index is 9.05. The predicted molar refractivity (Wildman–Crippen MR) is 118 cm³/mol. The molecule has 1 aliphatic rings. The quantitative estimate of drug-likeness (QED) is 0.526. The number of hydrogen-bond donors (Lipinski definition) is 0. The van der Waals surface area contributed by atoms with Gasteiger partial charge in [0.2, 0.25) is 0 Å². The maximum Gasteiger partial charge on any atom is 0.0991 e. The van der Waals surface area contributed by atoms with Crippen LogP contribution in [0.2, 0.25) is 0 Å². The zero-order valence-corrected chi connectivity index (χ0v) is 16.8. The highest BCUT2D eigenvalue weighted by Crippen LogP contribution is 2.35. The minimum absolute atomic E-state index is 0.493. The zero-order valence-electron chi connectivity index (χ0n) is 16.8. The number of fused-ring (bicyclic) bond motifs is 2. The Hall–Kier alpha value is -2.89. The maximum absolute atomic E-state index is 9.05. The Labute approximate surface area is 167 Å². The van der Waals surface area contributed by atoms with E-state index in [0.29, 0.717) is 17.5 Å². The van der Waals surface area contributed by atoms with Gasteiger partial charge in [0.15, 0.2) is 0 Å². The Morgan fingerprint density at radius 3 is 2.39 bits per heavy atom. The van der Waals surface area contributed by atoms with Crippen molar-refractivity contribution in [3.63, 3.8) is 0 Å². The van der Waals surface area contributed by atoms with Crippen LogP contribution in [0.3, 0.4) is 0 Å². The van der Waals surface area contributed by atoms with Gasteiger partial charge in [0.25, 0.3) is 0 Å². The van der Waals surface area contributed by atoms with Crippen LogP contribution in [0.15, 0.2) is 54.6 Å². The molecule has 1 unspecified atom stereocenters. The molecule has 0 amide bonds. The van der Waals surface area contributed by atoms with Gasteiger partial charge in [-0.15, -0.1) is 0 Å². The highest BCUT2D eigenvalue weighted by atomic mass is 15.1. The molecule has 0 spiro atoms. The van der Waals surface area contributed by atoms with Crippen molar-refractivity contribution in [3.8, 4) is 6.07 Å². The molecular weight excluding hydrogens is 340 g/mol. The fourth-order valence-electron chi connectivity index (χ4n) is 4.39. The van der Waals surface area contributed by atoms with Gasteiger partial charge in [0, 0.05) is 12.6 Å². The van der Waals surface area contributed by atoms with Crippen LogP contribution >= 0.6 is 0 Å². The van der Waals surface area contributed by atoms with Gasteiger partial charge in [-0.25, -0.2) is 0 Å². The van der Waals surface area contributed by atoms with Crippen LogP contribution in [-0.4, -0.2) is 18.5 Å². The second-order valence-electron chi connectivity index (χ2n) is 8.14. The number of rotatable bonds is 3. The summed E-state index contributed by atoms with van der Waals surface area (Å²) in [5.41, 5.74) is 6.10. The zero-order chi connectivity index (χ0) is 19.7. The third-order valence-electron chi connectivity index (χ3n) is 5.79. The summed E-state index contributed by atoms with van der Waals surface area (Å²) in [6.07, 6.45) is 5.52. The van der Waals surface area contributed by atoms with Crippen molar-refractivity contribution in [1.82, 2.24) is 4.90 Å². The van der Waals surface area contributed by atoms with E-state index in [1.807, 2.05) is 18.2 Å². The smallest absolute Gasteiger partial charge is 0.0991 e.